The summed E-state index contributed by atoms with van der Waals surface area (Å²) in [5.41, 5.74) is 7.14. The minimum absolute atomic E-state index is 0.108. The molecule has 0 saturated heterocycles. The van der Waals surface area contributed by atoms with Crippen LogP contribution in [0.4, 0.5) is 0 Å². The molecule has 1 aliphatic rings. The van der Waals surface area contributed by atoms with Crippen LogP contribution in [0.2, 0.25) is 0 Å². The van der Waals surface area contributed by atoms with Crippen LogP contribution in [0.1, 0.15) is 39.8 Å². The largest absolute Gasteiger partial charge is 0.489 e. The lowest BCUT2D eigenvalue weighted by molar-refractivity contribution is -0.139. The molecular formula is C35H35N3O7. The molecule has 0 saturated carbocycles. The number of aliphatic carboxylic acids is 1. The highest BCUT2D eigenvalue weighted by molar-refractivity contribution is 5.71. The SMILES string of the molecule is Cc1cc(OCc2cccc(-c3ccc4c(c3)OCCO4)c2C)cc(OCc2cncc(C#N)c2)c1CNCC(O)CC(=O)O. The Balaban J connectivity index is 1.34. The number of carbonyl (C=O) groups is 1. The van der Waals surface area contributed by atoms with Crippen molar-refractivity contribution in [1.29, 1.82) is 5.26 Å². The first kappa shape index (κ1) is 31.3. The van der Waals surface area contributed by atoms with Gasteiger partial charge in [-0.25, -0.2) is 0 Å². The fourth-order valence-corrected chi connectivity index (χ4v) is 5.14. The third-order valence-corrected chi connectivity index (χ3v) is 7.51. The van der Waals surface area contributed by atoms with Gasteiger partial charge in [0.05, 0.1) is 18.1 Å². The predicted octanol–water partition coefficient (Wildman–Crippen LogP) is 5.09. The number of carboxylic acids is 1. The van der Waals surface area contributed by atoms with Gasteiger partial charge in [-0.1, -0.05) is 24.3 Å². The van der Waals surface area contributed by atoms with Crippen LogP contribution < -0.4 is 24.3 Å². The van der Waals surface area contributed by atoms with E-state index < -0.39 is 12.1 Å². The summed E-state index contributed by atoms with van der Waals surface area (Å²) in [6, 6.07) is 19.6. The number of aliphatic hydroxyl groups excluding tert-OH is 1. The van der Waals surface area contributed by atoms with E-state index in [0.29, 0.717) is 43.4 Å². The van der Waals surface area contributed by atoms with Crippen LogP contribution in [-0.2, 0) is 24.6 Å². The number of hydrogen-bond donors (Lipinski definition) is 3. The fourth-order valence-electron chi connectivity index (χ4n) is 5.14. The van der Waals surface area contributed by atoms with Crippen molar-refractivity contribution in [1.82, 2.24) is 10.3 Å². The predicted molar refractivity (Wildman–Crippen MR) is 166 cm³/mol. The number of benzene rings is 3. The lowest BCUT2D eigenvalue weighted by atomic mass is 9.96. The topological polar surface area (TPSA) is 143 Å². The lowest BCUT2D eigenvalue weighted by Crippen LogP contribution is -2.28. The molecule has 10 heteroatoms. The number of pyridine rings is 1. The number of aromatic nitrogens is 1. The minimum atomic E-state index is -1.06. The summed E-state index contributed by atoms with van der Waals surface area (Å²) < 4.78 is 24.0. The number of aryl methyl sites for hydroxylation is 1. The van der Waals surface area contributed by atoms with Gasteiger partial charge in [0.1, 0.15) is 44.0 Å². The van der Waals surface area contributed by atoms with E-state index in [9.17, 15) is 15.2 Å². The van der Waals surface area contributed by atoms with Crippen LogP contribution >= 0.6 is 0 Å². The van der Waals surface area contributed by atoms with E-state index >= 15 is 0 Å². The molecule has 45 heavy (non-hydrogen) atoms. The van der Waals surface area contributed by atoms with Crippen molar-refractivity contribution in [2.75, 3.05) is 19.8 Å². The molecule has 1 atom stereocenters. The molecule has 1 aliphatic heterocycles. The van der Waals surface area contributed by atoms with Crippen molar-refractivity contribution in [3.63, 3.8) is 0 Å². The van der Waals surface area contributed by atoms with E-state index in [2.05, 4.69) is 29.4 Å². The van der Waals surface area contributed by atoms with Crippen molar-refractivity contribution in [2.45, 2.75) is 46.1 Å². The van der Waals surface area contributed by atoms with Crippen LogP contribution in [-0.4, -0.2) is 47.0 Å². The first-order valence-electron chi connectivity index (χ1n) is 14.6. The van der Waals surface area contributed by atoms with Gasteiger partial charge in [-0.2, -0.15) is 5.26 Å². The van der Waals surface area contributed by atoms with Crippen molar-refractivity contribution >= 4 is 5.97 Å². The number of nitrogens with zero attached hydrogens (tertiary/aromatic N) is 2. The Kier molecular flexibility index (Phi) is 10.1. The summed E-state index contributed by atoms with van der Waals surface area (Å²) in [6.07, 6.45) is 1.77. The Morgan fingerprint density at radius 2 is 1.87 bits per heavy atom. The molecule has 0 aliphatic carbocycles. The molecule has 0 fully saturated rings. The number of fused-ring (bicyclic) bond motifs is 1. The van der Waals surface area contributed by atoms with E-state index in [4.69, 9.17) is 24.1 Å². The summed E-state index contributed by atoms with van der Waals surface area (Å²) in [5, 5.41) is 31.3. The number of carboxylic acid groups (broad SMARTS) is 1. The second kappa shape index (κ2) is 14.6. The molecule has 0 bridgehead atoms. The highest BCUT2D eigenvalue weighted by atomic mass is 16.6. The monoisotopic (exact) mass is 609 g/mol. The molecular weight excluding hydrogens is 574 g/mol. The number of nitriles is 1. The van der Waals surface area contributed by atoms with Crippen LogP contribution in [0.25, 0.3) is 11.1 Å². The molecule has 3 aromatic carbocycles. The second-order valence-corrected chi connectivity index (χ2v) is 10.8. The highest BCUT2D eigenvalue weighted by Crippen LogP contribution is 2.36. The fraction of sp³-hybridized carbons (Fsp3) is 0.286. The number of ether oxygens (including phenoxy) is 4. The summed E-state index contributed by atoms with van der Waals surface area (Å²) in [5.74, 6) is 1.61. The Labute approximate surface area is 261 Å². The zero-order chi connectivity index (χ0) is 31.8. The van der Waals surface area contributed by atoms with Gasteiger partial charge >= 0.3 is 5.97 Å². The summed E-state index contributed by atoms with van der Waals surface area (Å²) >= 11 is 0. The second-order valence-electron chi connectivity index (χ2n) is 10.8. The number of hydrogen-bond acceptors (Lipinski definition) is 9. The minimum Gasteiger partial charge on any atom is -0.489 e. The molecule has 2 heterocycles. The van der Waals surface area contributed by atoms with Gasteiger partial charge in [-0.05, 0) is 65.9 Å². The van der Waals surface area contributed by atoms with Crippen LogP contribution in [0.5, 0.6) is 23.0 Å². The van der Waals surface area contributed by atoms with Crippen molar-refractivity contribution < 1.29 is 34.0 Å². The molecule has 0 spiro atoms. The normalized spacial score (nSPS) is 12.7. The third-order valence-electron chi connectivity index (χ3n) is 7.51. The van der Waals surface area contributed by atoms with Gasteiger partial charge in [0.25, 0.3) is 0 Å². The van der Waals surface area contributed by atoms with Gasteiger partial charge in [0, 0.05) is 42.7 Å². The lowest BCUT2D eigenvalue weighted by Gasteiger charge is -2.20. The average molecular weight is 610 g/mol. The molecule has 4 aromatic rings. The standard InChI is InChI=1S/C35H35N3O7/c1-22-10-29(44-21-27-4-3-5-30(23(27)2)26-6-7-32-34(12-26)43-9-8-42-32)14-33(31(22)19-38-18-28(39)13-35(40)41)45-20-25-11-24(15-36)16-37-17-25/h3-7,10-12,14,16-17,28,38-39H,8-9,13,18-21H2,1-2H3,(H,40,41). The zero-order valence-corrected chi connectivity index (χ0v) is 25.2. The van der Waals surface area contributed by atoms with Crippen LogP contribution in [0.3, 0.4) is 0 Å². The molecule has 232 valence electrons. The van der Waals surface area contributed by atoms with Gasteiger partial charge in [-0.15, -0.1) is 0 Å². The average Bonchev–Trinajstić information content (AvgIpc) is 3.03. The van der Waals surface area contributed by atoms with Gasteiger partial charge in [-0.3, -0.25) is 9.78 Å². The molecule has 10 nitrogen and oxygen atoms in total. The highest BCUT2D eigenvalue weighted by Gasteiger charge is 2.16. The number of aliphatic hydroxyl groups is 1. The molecule has 3 N–H and O–H groups in total. The quantitative estimate of drug-likeness (QED) is 0.188. The van der Waals surface area contributed by atoms with Gasteiger partial charge in [0.2, 0.25) is 0 Å². The Bertz CT molecular complexity index is 1720. The van der Waals surface area contributed by atoms with E-state index in [1.54, 1.807) is 12.3 Å². The van der Waals surface area contributed by atoms with Crippen molar-refractivity contribution in [3.05, 3.63) is 100 Å². The third kappa shape index (κ3) is 8.09. The van der Waals surface area contributed by atoms with E-state index in [1.165, 1.54) is 6.20 Å². The summed E-state index contributed by atoms with van der Waals surface area (Å²) in [7, 11) is 0. The van der Waals surface area contributed by atoms with Crippen LogP contribution in [0.15, 0.2) is 67.0 Å². The maximum atomic E-state index is 10.9. The Morgan fingerprint density at radius 3 is 2.67 bits per heavy atom. The first-order chi connectivity index (χ1) is 21.8. The number of rotatable bonds is 13. The maximum absolute atomic E-state index is 10.9. The van der Waals surface area contributed by atoms with Crippen molar-refractivity contribution in [3.8, 4) is 40.2 Å². The summed E-state index contributed by atoms with van der Waals surface area (Å²) in [6.45, 7) is 6.04. The Hall–Kier alpha value is -5.11. The molecule has 1 unspecified atom stereocenters. The van der Waals surface area contributed by atoms with Gasteiger partial charge < -0.3 is 34.5 Å². The summed E-state index contributed by atoms with van der Waals surface area (Å²) in [4.78, 5) is 15.0. The first-order valence-corrected chi connectivity index (χ1v) is 14.6. The van der Waals surface area contributed by atoms with Crippen molar-refractivity contribution in [2.24, 2.45) is 0 Å². The van der Waals surface area contributed by atoms with E-state index in [0.717, 1.165) is 50.4 Å². The molecule has 5 rings (SSSR count). The maximum Gasteiger partial charge on any atom is 0.306 e. The molecule has 0 radical (unpaired) electrons. The van der Waals surface area contributed by atoms with Gasteiger partial charge in [0.15, 0.2) is 11.5 Å². The van der Waals surface area contributed by atoms with Crippen LogP contribution in [0, 0.1) is 25.2 Å². The zero-order valence-electron chi connectivity index (χ0n) is 25.2. The van der Waals surface area contributed by atoms with E-state index in [-0.39, 0.29) is 19.6 Å². The molecule has 0 amide bonds. The smallest absolute Gasteiger partial charge is 0.306 e. The molecule has 1 aromatic heterocycles. The number of nitrogens with one attached hydrogen (secondary N) is 1. The van der Waals surface area contributed by atoms with E-state index in [1.807, 2.05) is 49.4 Å². The Morgan fingerprint density at radius 1 is 1.04 bits per heavy atom.